The summed E-state index contributed by atoms with van der Waals surface area (Å²) >= 11 is 0. The van der Waals surface area contributed by atoms with Gasteiger partial charge >= 0.3 is 0 Å². The largest absolute Gasteiger partial charge is 0.505 e. The maximum absolute atomic E-state index is 11.4. The Balaban J connectivity index is 2.62. The van der Waals surface area contributed by atoms with Crippen LogP contribution in [0.4, 0.5) is 5.69 Å². The van der Waals surface area contributed by atoms with Crippen LogP contribution in [0.3, 0.4) is 0 Å². The van der Waals surface area contributed by atoms with E-state index in [0.29, 0.717) is 24.1 Å². The molecule has 0 saturated carbocycles. The van der Waals surface area contributed by atoms with Gasteiger partial charge in [-0.15, -0.1) is 13.2 Å². The highest BCUT2D eigenvalue weighted by atomic mass is 16.5. The molecule has 0 aliphatic heterocycles. The van der Waals surface area contributed by atoms with Crippen LogP contribution in [0.5, 0.6) is 11.5 Å². The average molecular weight is 337 g/mol. The van der Waals surface area contributed by atoms with Crippen molar-refractivity contribution in [3.8, 4) is 22.6 Å². The predicted molar refractivity (Wildman–Crippen MR) is 102 cm³/mol. The first-order chi connectivity index (χ1) is 12.0. The van der Waals surface area contributed by atoms with Crippen LogP contribution in [-0.4, -0.2) is 18.1 Å². The quantitative estimate of drug-likeness (QED) is 0.578. The summed E-state index contributed by atoms with van der Waals surface area (Å²) in [6.07, 6.45) is 4.88. The molecular formula is C21H23NO3. The van der Waals surface area contributed by atoms with E-state index in [2.05, 4.69) is 18.5 Å². The summed E-state index contributed by atoms with van der Waals surface area (Å²) in [5.74, 6) is 0.573. The molecule has 4 heteroatoms. The number of amides is 1. The molecular weight excluding hydrogens is 314 g/mol. The van der Waals surface area contributed by atoms with E-state index in [1.165, 1.54) is 6.92 Å². The lowest BCUT2D eigenvalue weighted by molar-refractivity contribution is -0.114. The van der Waals surface area contributed by atoms with Gasteiger partial charge in [-0.2, -0.15) is 0 Å². The van der Waals surface area contributed by atoms with Crippen molar-refractivity contribution in [3.63, 3.8) is 0 Å². The molecule has 0 aliphatic rings. The van der Waals surface area contributed by atoms with Crippen LogP contribution < -0.4 is 10.1 Å². The van der Waals surface area contributed by atoms with Gasteiger partial charge in [-0.3, -0.25) is 4.79 Å². The Morgan fingerprint density at radius 1 is 1.20 bits per heavy atom. The second-order valence-corrected chi connectivity index (χ2v) is 5.73. The van der Waals surface area contributed by atoms with Gasteiger partial charge in [-0.05, 0) is 53.8 Å². The summed E-state index contributed by atoms with van der Waals surface area (Å²) in [5, 5.41) is 13.3. The molecule has 25 heavy (non-hydrogen) atoms. The molecule has 2 aromatic carbocycles. The zero-order valence-corrected chi connectivity index (χ0v) is 14.6. The minimum Gasteiger partial charge on any atom is -0.505 e. The van der Waals surface area contributed by atoms with Gasteiger partial charge in [0, 0.05) is 12.5 Å². The first-order valence-corrected chi connectivity index (χ1v) is 8.02. The standard InChI is InChI=1S/C21H23NO3/c1-5-7-15-11-18(21(24)19(12-15)22-14(3)23)16-9-10-20(25-4)17(13-16)8-6-2/h5-6,9-13,24H,1-2,7-8H2,3-4H3,(H,22,23). The smallest absolute Gasteiger partial charge is 0.221 e. The van der Waals surface area contributed by atoms with Crippen LogP contribution in [0.1, 0.15) is 18.1 Å². The Morgan fingerprint density at radius 3 is 2.52 bits per heavy atom. The maximum atomic E-state index is 11.4. The number of aromatic hydroxyl groups is 1. The number of nitrogens with one attached hydrogen (secondary N) is 1. The van der Waals surface area contributed by atoms with E-state index in [4.69, 9.17) is 4.74 Å². The molecule has 0 saturated heterocycles. The fourth-order valence-electron chi connectivity index (χ4n) is 2.74. The Labute approximate surface area is 148 Å². The van der Waals surface area contributed by atoms with Gasteiger partial charge in [0.05, 0.1) is 12.8 Å². The molecule has 0 unspecified atom stereocenters. The zero-order valence-electron chi connectivity index (χ0n) is 14.6. The molecule has 4 nitrogen and oxygen atoms in total. The number of benzene rings is 2. The van der Waals surface area contributed by atoms with Crippen molar-refractivity contribution in [1.82, 2.24) is 0 Å². The highest BCUT2D eigenvalue weighted by Gasteiger charge is 2.14. The highest BCUT2D eigenvalue weighted by Crippen LogP contribution is 2.38. The Morgan fingerprint density at radius 2 is 1.92 bits per heavy atom. The number of methoxy groups -OCH3 is 1. The van der Waals surface area contributed by atoms with E-state index in [9.17, 15) is 9.90 Å². The molecule has 0 heterocycles. The molecule has 0 bridgehead atoms. The lowest BCUT2D eigenvalue weighted by Gasteiger charge is -2.15. The van der Waals surface area contributed by atoms with E-state index in [-0.39, 0.29) is 11.7 Å². The van der Waals surface area contributed by atoms with Gasteiger partial charge in [0.2, 0.25) is 5.91 Å². The number of phenolic OH excluding ortho intramolecular Hbond substituents is 1. The van der Waals surface area contributed by atoms with Gasteiger partial charge in [0.15, 0.2) is 0 Å². The van der Waals surface area contributed by atoms with Gasteiger partial charge in [0.1, 0.15) is 11.5 Å². The van der Waals surface area contributed by atoms with Crippen molar-refractivity contribution < 1.29 is 14.6 Å². The predicted octanol–water partition coefficient (Wildman–Crippen LogP) is 4.48. The van der Waals surface area contributed by atoms with Crippen LogP contribution in [0.25, 0.3) is 11.1 Å². The molecule has 130 valence electrons. The summed E-state index contributed by atoms with van der Waals surface area (Å²) in [4.78, 5) is 11.4. The lowest BCUT2D eigenvalue weighted by atomic mass is 9.96. The number of phenols is 1. The Bertz CT molecular complexity index is 809. The molecule has 0 spiro atoms. The summed E-state index contributed by atoms with van der Waals surface area (Å²) in [6.45, 7) is 8.94. The van der Waals surface area contributed by atoms with E-state index in [0.717, 1.165) is 22.4 Å². The van der Waals surface area contributed by atoms with E-state index < -0.39 is 0 Å². The Kier molecular flexibility index (Phi) is 6.01. The SMILES string of the molecule is C=CCc1cc(NC(C)=O)c(O)c(-c2ccc(OC)c(CC=C)c2)c1. The molecule has 0 fully saturated rings. The number of carbonyl (C=O) groups excluding carboxylic acids is 1. The highest BCUT2D eigenvalue weighted by molar-refractivity contribution is 5.93. The average Bonchev–Trinajstić information content (AvgIpc) is 2.57. The number of ether oxygens (including phenoxy) is 1. The molecule has 0 radical (unpaired) electrons. The number of allylic oxidation sites excluding steroid dienone is 2. The molecule has 1 amide bonds. The van der Waals surface area contributed by atoms with Crippen molar-refractivity contribution in [3.05, 3.63) is 66.8 Å². The van der Waals surface area contributed by atoms with Crippen molar-refractivity contribution in [2.45, 2.75) is 19.8 Å². The third-order valence-electron chi connectivity index (χ3n) is 3.82. The molecule has 0 aromatic heterocycles. The van der Waals surface area contributed by atoms with Crippen LogP contribution in [0.2, 0.25) is 0 Å². The molecule has 2 aromatic rings. The lowest BCUT2D eigenvalue weighted by Crippen LogP contribution is -2.07. The van der Waals surface area contributed by atoms with Crippen LogP contribution in [-0.2, 0) is 17.6 Å². The first kappa shape index (κ1) is 18.3. The van der Waals surface area contributed by atoms with Crippen LogP contribution in [0.15, 0.2) is 55.6 Å². The summed E-state index contributed by atoms with van der Waals surface area (Å²) < 4.78 is 5.38. The van der Waals surface area contributed by atoms with Crippen LogP contribution >= 0.6 is 0 Å². The fourth-order valence-corrected chi connectivity index (χ4v) is 2.74. The topological polar surface area (TPSA) is 58.6 Å². The van der Waals surface area contributed by atoms with Gasteiger partial charge in [-0.1, -0.05) is 18.2 Å². The summed E-state index contributed by atoms with van der Waals surface area (Å²) in [6, 6.07) is 9.38. The molecule has 2 rings (SSSR count). The van der Waals surface area contributed by atoms with E-state index >= 15 is 0 Å². The monoisotopic (exact) mass is 337 g/mol. The van der Waals surface area contributed by atoms with Crippen LogP contribution in [0, 0.1) is 0 Å². The van der Waals surface area contributed by atoms with Crippen molar-refractivity contribution in [2.24, 2.45) is 0 Å². The number of hydrogen-bond acceptors (Lipinski definition) is 3. The van der Waals surface area contributed by atoms with E-state index in [1.807, 2.05) is 24.3 Å². The van der Waals surface area contributed by atoms with Crippen molar-refractivity contribution in [1.29, 1.82) is 0 Å². The minimum absolute atomic E-state index is 0.0396. The second kappa shape index (κ2) is 8.20. The zero-order chi connectivity index (χ0) is 18.4. The van der Waals surface area contributed by atoms with Gasteiger partial charge in [-0.25, -0.2) is 0 Å². The van der Waals surface area contributed by atoms with Crippen molar-refractivity contribution >= 4 is 11.6 Å². The number of anilines is 1. The number of carbonyl (C=O) groups is 1. The number of hydrogen-bond donors (Lipinski definition) is 2. The number of rotatable bonds is 7. The second-order valence-electron chi connectivity index (χ2n) is 5.73. The first-order valence-electron chi connectivity index (χ1n) is 8.02. The molecule has 2 N–H and O–H groups in total. The maximum Gasteiger partial charge on any atom is 0.221 e. The third-order valence-corrected chi connectivity index (χ3v) is 3.82. The van der Waals surface area contributed by atoms with Gasteiger partial charge in [0.25, 0.3) is 0 Å². The summed E-state index contributed by atoms with van der Waals surface area (Å²) in [7, 11) is 1.62. The summed E-state index contributed by atoms with van der Waals surface area (Å²) in [5.41, 5.74) is 3.81. The van der Waals surface area contributed by atoms with Gasteiger partial charge < -0.3 is 15.2 Å². The normalized spacial score (nSPS) is 10.2. The molecule has 0 aliphatic carbocycles. The third kappa shape index (κ3) is 4.29. The van der Waals surface area contributed by atoms with E-state index in [1.54, 1.807) is 25.3 Å². The Hall–Kier alpha value is -3.01. The van der Waals surface area contributed by atoms with Crippen molar-refractivity contribution in [2.75, 3.05) is 12.4 Å². The minimum atomic E-state index is -0.237. The molecule has 0 atom stereocenters. The fraction of sp³-hybridized carbons (Fsp3) is 0.190.